The van der Waals surface area contributed by atoms with Crippen molar-refractivity contribution in [2.24, 2.45) is 0 Å². The number of benzene rings is 2. The first-order chi connectivity index (χ1) is 12.1. The van der Waals surface area contributed by atoms with E-state index in [2.05, 4.69) is 0 Å². The summed E-state index contributed by atoms with van der Waals surface area (Å²) in [6.45, 7) is 0. The second-order valence-electron chi connectivity index (χ2n) is 5.85. The van der Waals surface area contributed by atoms with Gasteiger partial charge in [0.05, 0.1) is 0 Å². The number of ether oxygens (including phenoxy) is 1. The SMILES string of the molecule is O=C(NO)[C@H]1O[C@@H](c2cccc(/C=C\c3ccccc3)c2)[C@@H](O)[C@H]1O. The van der Waals surface area contributed by atoms with Crippen molar-refractivity contribution in [1.82, 2.24) is 5.48 Å². The van der Waals surface area contributed by atoms with Gasteiger partial charge in [0.15, 0.2) is 6.10 Å². The van der Waals surface area contributed by atoms with E-state index in [1.807, 2.05) is 60.7 Å². The molecule has 1 fully saturated rings. The Kier molecular flexibility index (Phi) is 5.25. The Balaban J connectivity index is 1.80. The Morgan fingerprint density at radius 2 is 1.64 bits per heavy atom. The van der Waals surface area contributed by atoms with Crippen LogP contribution >= 0.6 is 0 Å². The highest BCUT2D eigenvalue weighted by Crippen LogP contribution is 2.34. The van der Waals surface area contributed by atoms with Crippen molar-refractivity contribution < 1.29 is 25.0 Å². The predicted molar refractivity (Wildman–Crippen MR) is 91.4 cm³/mol. The van der Waals surface area contributed by atoms with Gasteiger partial charge in [0.25, 0.3) is 5.91 Å². The van der Waals surface area contributed by atoms with E-state index in [9.17, 15) is 15.0 Å². The summed E-state index contributed by atoms with van der Waals surface area (Å²) in [5, 5.41) is 28.8. The highest BCUT2D eigenvalue weighted by molar-refractivity contribution is 5.80. The average molecular weight is 341 g/mol. The van der Waals surface area contributed by atoms with Crippen LogP contribution in [0.15, 0.2) is 54.6 Å². The molecular formula is C19H19NO5. The van der Waals surface area contributed by atoms with Crippen molar-refractivity contribution in [3.05, 3.63) is 71.3 Å². The first-order valence-electron chi connectivity index (χ1n) is 7.89. The standard InChI is InChI=1S/C19H19NO5/c21-15-16(22)18(19(23)20-24)25-17(15)14-8-4-7-13(11-14)10-9-12-5-2-1-3-6-12/h1-11,15-18,21-22,24H,(H,20,23)/b10-9-/t15-,16+,17-,18-/m0/s1. The monoisotopic (exact) mass is 341 g/mol. The third-order valence-electron chi connectivity index (χ3n) is 4.14. The summed E-state index contributed by atoms with van der Waals surface area (Å²) in [6, 6.07) is 17.1. The molecule has 0 aliphatic carbocycles. The lowest BCUT2D eigenvalue weighted by Gasteiger charge is -2.15. The first kappa shape index (κ1) is 17.3. The number of hydroxylamine groups is 1. The zero-order valence-corrected chi connectivity index (χ0v) is 13.3. The molecule has 3 rings (SSSR count). The smallest absolute Gasteiger partial charge is 0.275 e. The normalized spacial score (nSPS) is 26.0. The van der Waals surface area contributed by atoms with Gasteiger partial charge in [-0.15, -0.1) is 0 Å². The molecule has 130 valence electrons. The summed E-state index contributed by atoms with van der Waals surface area (Å²) in [4.78, 5) is 11.5. The summed E-state index contributed by atoms with van der Waals surface area (Å²) >= 11 is 0. The van der Waals surface area contributed by atoms with Crippen LogP contribution in [-0.2, 0) is 9.53 Å². The maximum atomic E-state index is 11.5. The van der Waals surface area contributed by atoms with Crippen molar-refractivity contribution in [3.63, 3.8) is 0 Å². The second-order valence-corrected chi connectivity index (χ2v) is 5.85. The van der Waals surface area contributed by atoms with Crippen LogP contribution in [0.5, 0.6) is 0 Å². The Morgan fingerprint density at radius 3 is 2.36 bits per heavy atom. The van der Waals surface area contributed by atoms with Crippen molar-refractivity contribution in [3.8, 4) is 0 Å². The van der Waals surface area contributed by atoms with Crippen molar-refractivity contribution in [1.29, 1.82) is 0 Å². The van der Waals surface area contributed by atoms with Crippen LogP contribution in [0.4, 0.5) is 0 Å². The van der Waals surface area contributed by atoms with Crippen LogP contribution in [-0.4, -0.2) is 39.6 Å². The van der Waals surface area contributed by atoms with E-state index in [-0.39, 0.29) is 0 Å². The molecule has 4 N–H and O–H groups in total. The zero-order chi connectivity index (χ0) is 17.8. The molecule has 2 aromatic rings. The molecule has 2 aromatic carbocycles. The van der Waals surface area contributed by atoms with Gasteiger partial charge in [-0.2, -0.15) is 0 Å². The van der Waals surface area contributed by atoms with Crippen LogP contribution in [0.2, 0.25) is 0 Å². The van der Waals surface area contributed by atoms with Crippen molar-refractivity contribution >= 4 is 18.1 Å². The number of carbonyl (C=O) groups excluding carboxylic acids is 1. The van der Waals surface area contributed by atoms with E-state index in [4.69, 9.17) is 9.94 Å². The lowest BCUT2D eigenvalue weighted by Crippen LogP contribution is -2.41. The molecule has 1 amide bonds. The third-order valence-corrected chi connectivity index (χ3v) is 4.14. The maximum absolute atomic E-state index is 11.5. The van der Waals surface area contributed by atoms with E-state index in [1.54, 1.807) is 6.07 Å². The van der Waals surface area contributed by atoms with Crippen LogP contribution in [0.1, 0.15) is 22.8 Å². The molecule has 0 bridgehead atoms. The third kappa shape index (κ3) is 3.78. The first-order valence-corrected chi connectivity index (χ1v) is 7.89. The number of carbonyl (C=O) groups is 1. The van der Waals surface area contributed by atoms with Crippen molar-refractivity contribution in [2.75, 3.05) is 0 Å². The predicted octanol–water partition coefficient (Wildman–Crippen LogP) is 1.52. The summed E-state index contributed by atoms with van der Waals surface area (Å²) in [6.07, 6.45) is -0.983. The lowest BCUT2D eigenvalue weighted by molar-refractivity contribution is -0.144. The van der Waals surface area contributed by atoms with E-state index in [0.29, 0.717) is 5.56 Å². The average Bonchev–Trinajstić information content (AvgIpc) is 2.96. The van der Waals surface area contributed by atoms with Gasteiger partial charge in [0.2, 0.25) is 0 Å². The second kappa shape index (κ2) is 7.58. The largest absolute Gasteiger partial charge is 0.387 e. The van der Waals surface area contributed by atoms with Gasteiger partial charge >= 0.3 is 0 Å². The molecule has 1 aliphatic rings. The minimum atomic E-state index is -1.42. The summed E-state index contributed by atoms with van der Waals surface area (Å²) < 4.78 is 5.45. The molecule has 25 heavy (non-hydrogen) atoms. The Labute approximate surface area is 145 Å². The van der Waals surface area contributed by atoms with Crippen LogP contribution in [0.3, 0.4) is 0 Å². The molecule has 1 aliphatic heterocycles. The molecule has 0 saturated carbocycles. The maximum Gasteiger partial charge on any atom is 0.275 e. The molecule has 0 unspecified atom stereocenters. The van der Waals surface area contributed by atoms with Gasteiger partial charge < -0.3 is 14.9 Å². The minimum Gasteiger partial charge on any atom is -0.387 e. The minimum absolute atomic E-state index is 0.634. The number of amides is 1. The highest BCUT2D eigenvalue weighted by Gasteiger charge is 2.46. The molecule has 0 radical (unpaired) electrons. The summed E-state index contributed by atoms with van der Waals surface area (Å²) in [7, 11) is 0. The highest BCUT2D eigenvalue weighted by atomic mass is 16.6. The number of hydrogen-bond donors (Lipinski definition) is 4. The van der Waals surface area contributed by atoms with Gasteiger partial charge in [-0.1, -0.05) is 60.7 Å². The Hall–Kier alpha value is -2.51. The van der Waals surface area contributed by atoms with Crippen LogP contribution < -0.4 is 5.48 Å². The van der Waals surface area contributed by atoms with Crippen LogP contribution in [0, 0.1) is 0 Å². The van der Waals surface area contributed by atoms with Gasteiger partial charge in [-0.25, -0.2) is 5.48 Å². The lowest BCUT2D eigenvalue weighted by atomic mass is 9.99. The summed E-state index contributed by atoms with van der Waals surface area (Å²) in [5.41, 5.74) is 4.01. The van der Waals surface area contributed by atoms with E-state index in [0.717, 1.165) is 11.1 Å². The Bertz CT molecular complexity index is 761. The fraction of sp³-hybridized carbons (Fsp3) is 0.211. The molecule has 4 atom stereocenters. The number of aliphatic hydroxyl groups excluding tert-OH is 2. The van der Waals surface area contributed by atoms with E-state index < -0.39 is 30.3 Å². The fourth-order valence-electron chi connectivity index (χ4n) is 2.83. The molecule has 1 saturated heterocycles. The van der Waals surface area contributed by atoms with Crippen molar-refractivity contribution in [2.45, 2.75) is 24.4 Å². The number of nitrogens with one attached hydrogen (secondary N) is 1. The van der Waals surface area contributed by atoms with Crippen LogP contribution in [0.25, 0.3) is 12.2 Å². The number of aliphatic hydroxyl groups is 2. The van der Waals surface area contributed by atoms with E-state index >= 15 is 0 Å². The number of hydrogen-bond acceptors (Lipinski definition) is 5. The Morgan fingerprint density at radius 1 is 0.960 bits per heavy atom. The van der Waals surface area contributed by atoms with Gasteiger partial charge in [-0.3, -0.25) is 10.0 Å². The zero-order valence-electron chi connectivity index (χ0n) is 13.3. The molecule has 6 nitrogen and oxygen atoms in total. The van der Waals surface area contributed by atoms with Gasteiger partial charge in [0, 0.05) is 0 Å². The molecular weight excluding hydrogens is 322 g/mol. The fourth-order valence-corrected chi connectivity index (χ4v) is 2.83. The van der Waals surface area contributed by atoms with Gasteiger partial charge in [-0.05, 0) is 22.8 Å². The summed E-state index contributed by atoms with van der Waals surface area (Å²) in [5.74, 6) is -0.894. The molecule has 0 spiro atoms. The molecule has 0 aromatic heterocycles. The topological polar surface area (TPSA) is 99.0 Å². The molecule has 6 heteroatoms. The quantitative estimate of drug-likeness (QED) is 0.384. The van der Waals surface area contributed by atoms with E-state index in [1.165, 1.54) is 5.48 Å². The molecule has 1 heterocycles. The van der Waals surface area contributed by atoms with Gasteiger partial charge in [0.1, 0.15) is 18.3 Å². The number of rotatable bonds is 4.